The standard InChI is InChI=1S/C32H41N5O5/c1-3-30(25-10-12-26(13-11-25)31(38)35-29-9-5-4-8-28(29)33)42-32(39)37(24(2)27-7-6-14-34-23-27)18-22-41-21-17-36-15-19-40-20-16-36/h4-14,23-24,30H,3,15-22,33H2,1-2H3,(H,35,38)/t24-,30-/m0/s1. The molecule has 1 aromatic heterocycles. The lowest BCUT2D eigenvalue weighted by atomic mass is 10.0. The van der Waals surface area contributed by atoms with E-state index < -0.39 is 12.2 Å². The largest absolute Gasteiger partial charge is 0.441 e. The Morgan fingerprint density at radius 2 is 1.81 bits per heavy atom. The molecule has 1 aliphatic heterocycles. The summed E-state index contributed by atoms with van der Waals surface area (Å²) in [6, 6.07) is 17.7. The van der Waals surface area contributed by atoms with E-state index in [0.717, 1.165) is 44.0 Å². The molecule has 3 N–H and O–H groups in total. The van der Waals surface area contributed by atoms with Gasteiger partial charge in [-0.25, -0.2) is 4.79 Å². The van der Waals surface area contributed by atoms with E-state index in [9.17, 15) is 9.59 Å². The van der Waals surface area contributed by atoms with Gasteiger partial charge in [0.2, 0.25) is 0 Å². The molecule has 2 heterocycles. The van der Waals surface area contributed by atoms with Gasteiger partial charge < -0.3 is 25.3 Å². The van der Waals surface area contributed by atoms with E-state index in [2.05, 4.69) is 15.2 Å². The second kappa shape index (κ2) is 15.9. The monoisotopic (exact) mass is 575 g/mol. The number of nitrogens with zero attached hydrogens (tertiary/aromatic N) is 3. The number of hydrogen-bond acceptors (Lipinski definition) is 8. The van der Waals surface area contributed by atoms with Gasteiger partial charge in [0.25, 0.3) is 5.91 Å². The quantitative estimate of drug-likeness (QED) is 0.218. The maximum Gasteiger partial charge on any atom is 0.410 e. The van der Waals surface area contributed by atoms with E-state index in [1.165, 1.54) is 0 Å². The van der Waals surface area contributed by atoms with E-state index >= 15 is 0 Å². The molecule has 0 bridgehead atoms. The number of nitrogen functional groups attached to an aromatic ring is 1. The fraction of sp³-hybridized carbons (Fsp3) is 0.406. The third-order valence-electron chi connectivity index (χ3n) is 7.37. The molecular formula is C32H41N5O5. The van der Waals surface area contributed by atoms with E-state index in [1.54, 1.807) is 41.6 Å². The van der Waals surface area contributed by atoms with Crippen LogP contribution in [-0.4, -0.2) is 79.4 Å². The molecule has 3 aromatic rings. The minimum Gasteiger partial charge on any atom is -0.441 e. The summed E-state index contributed by atoms with van der Waals surface area (Å²) in [5, 5.41) is 2.83. The fourth-order valence-electron chi connectivity index (χ4n) is 4.76. The summed E-state index contributed by atoms with van der Waals surface area (Å²) < 4.78 is 17.3. The molecule has 2 atom stereocenters. The van der Waals surface area contributed by atoms with Gasteiger partial charge in [0.1, 0.15) is 6.10 Å². The first-order chi connectivity index (χ1) is 20.5. The summed E-state index contributed by atoms with van der Waals surface area (Å²) in [6.07, 6.45) is 3.12. The molecule has 0 saturated carbocycles. The number of carbonyl (C=O) groups is 2. The Bertz CT molecular complexity index is 1270. The summed E-state index contributed by atoms with van der Waals surface area (Å²) in [5.74, 6) is -0.269. The highest BCUT2D eigenvalue weighted by molar-refractivity contribution is 6.05. The fourth-order valence-corrected chi connectivity index (χ4v) is 4.76. The highest BCUT2D eigenvalue weighted by Gasteiger charge is 2.26. The maximum absolute atomic E-state index is 13.6. The van der Waals surface area contributed by atoms with Crippen molar-refractivity contribution in [1.82, 2.24) is 14.8 Å². The second-order valence-corrected chi connectivity index (χ2v) is 10.2. The second-order valence-electron chi connectivity index (χ2n) is 10.2. The van der Waals surface area contributed by atoms with Crippen molar-refractivity contribution >= 4 is 23.4 Å². The van der Waals surface area contributed by atoms with E-state index in [0.29, 0.717) is 43.1 Å². The molecule has 0 spiro atoms. The lowest BCUT2D eigenvalue weighted by Crippen LogP contribution is -2.39. The summed E-state index contributed by atoms with van der Waals surface area (Å²) in [7, 11) is 0. The Kier molecular flexibility index (Phi) is 11.7. The van der Waals surface area contributed by atoms with Crippen molar-refractivity contribution in [2.24, 2.45) is 0 Å². The number of anilines is 2. The SMILES string of the molecule is CC[C@H](OC(=O)N(CCOCCN1CCOCC1)[C@@H](C)c1cccnc1)c1ccc(C(=O)Nc2ccccc2N)cc1. The van der Waals surface area contributed by atoms with Crippen LogP contribution < -0.4 is 11.1 Å². The third kappa shape index (κ3) is 8.75. The van der Waals surface area contributed by atoms with Crippen LogP contribution in [0, 0.1) is 0 Å². The normalized spacial score (nSPS) is 15.0. The van der Waals surface area contributed by atoms with Crippen LogP contribution in [0.4, 0.5) is 16.2 Å². The lowest BCUT2D eigenvalue weighted by molar-refractivity contribution is 0.0122. The number of pyridine rings is 1. The average Bonchev–Trinajstić information content (AvgIpc) is 3.03. The highest BCUT2D eigenvalue weighted by atomic mass is 16.6. The molecule has 2 aromatic carbocycles. The molecule has 42 heavy (non-hydrogen) atoms. The number of para-hydroxylation sites is 2. The molecule has 1 aliphatic rings. The van der Waals surface area contributed by atoms with Crippen LogP contribution in [0.5, 0.6) is 0 Å². The van der Waals surface area contributed by atoms with Crippen LogP contribution in [0.3, 0.4) is 0 Å². The van der Waals surface area contributed by atoms with Crippen molar-refractivity contribution in [3.05, 3.63) is 89.7 Å². The zero-order chi connectivity index (χ0) is 29.7. The summed E-state index contributed by atoms with van der Waals surface area (Å²) in [5.41, 5.74) is 9.19. The van der Waals surface area contributed by atoms with Crippen LogP contribution in [0.15, 0.2) is 73.1 Å². The zero-order valence-electron chi connectivity index (χ0n) is 24.4. The number of morpholine rings is 1. The minimum absolute atomic E-state index is 0.261. The molecule has 224 valence electrons. The van der Waals surface area contributed by atoms with E-state index in [4.69, 9.17) is 19.9 Å². The zero-order valence-corrected chi connectivity index (χ0v) is 24.4. The predicted octanol–water partition coefficient (Wildman–Crippen LogP) is 4.92. The molecule has 4 rings (SSSR count). The summed E-state index contributed by atoms with van der Waals surface area (Å²) in [4.78, 5) is 34.5. The number of carbonyl (C=O) groups excluding carboxylic acids is 2. The van der Waals surface area contributed by atoms with E-state index in [1.807, 2.05) is 50.2 Å². The molecule has 10 nitrogen and oxygen atoms in total. The van der Waals surface area contributed by atoms with Crippen LogP contribution in [0.2, 0.25) is 0 Å². The number of rotatable bonds is 13. The van der Waals surface area contributed by atoms with E-state index in [-0.39, 0.29) is 11.9 Å². The Morgan fingerprint density at radius 1 is 1.05 bits per heavy atom. The number of ether oxygens (including phenoxy) is 3. The van der Waals surface area contributed by atoms with Crippen molar-refractivity contribution in [2.45, 2.75) is 32.4 Å². The summed E-state index contributed by atoms with van der Waals surface area (Å²) in [6.45, 7) is 9.40. The van der Waals surface area contributed by atoms with Crippen molar-refractivity contribution < 1.29 is 23.8 Å². The van der Waals surface area contributed by atoms with Gasteiger partial charge in [0.05, 0.1) is 43.8 Å². The molecule has 1 fully saturated rings. The first-order valence-corrected chi connectivity index (χ1v) is 14.5. The van der Waals surface area contributed by atoms with Gasteiger partial charge in [0.15, 0.2) is 0 Å². The molecule has 0 aliphatic carbocycles. The number of hydrogen-bond donors (Lipinski definition) is 2. The number of nitrogens with one attached hydrogen (secondary N) is 1. The first kappa shape index (κ1) is 31.0. The van der Waals surface area contributed by atoms with Gasteiger partial charge >= 0.3 is 6.09 Å². The van der Waals surface area contributed by atoms with Crippen LogP contribution in [-0.2, 0) is 14.2 Å². The van der Waals surface area contributed by atoms with Crippen molar-refractivity contribution in [2.75, 3.05) is 63.7 Å². The van der Waals surface area contributed by atoms with Crippen LogP contribution in [0.25, 0.3) is 0 Å². The smallest absolute Gasteiger partial charge is 0.410 e. The lowest BCUT2D eigenvalue weighted by Gasteiger charge is -2.31. The summed E-state index contributed by atoms with van der Waals surface area (Å²) >= 11 is 0. The predicted molar refractivity (Wildman–Crippen MR) is 162 cm³/mol. The van der Waals surface area contributed by atoms with Gasteiger partial charge in [-0.2, -0.15) is 0 Å². The van der Waals surface area contributed by atoms with Crippen molar-refractivity contribution in [1.29, 1.82) is 0 Å². The van der Waals surface area contributed by atoms with Gasteiger partial charge in [-0.15, -0.1) is 0 Å². The van der Waals surface area contributed by atoms with Gasteiger partial charge in [-0.05, 0) is 54.8 Å². The Balaban J connectivity index is 1.37. The molecular weight excluding hydrogens is 534 g/mol. The Hall–Kier alpha value is -3.99. The topological polar surface area (TPSA) is 119 Å². The van der Waals surface area contributed by atoms with Gasteiger partial charge in [-0.1, -0.05) is 37.3 Å². The molecule has 0 radical (unpaired) electrons. The number of aromatic nitrogens is 1. The Morgan fingerprint density at radius 3 is 2.50 bits per heavy atom. The van der Waals surface area contributed by atoms with Gasteiger partial charge in [0, 0.05) is 44.1 Å². The van der Waals surface area contributed by atoms with Crippen LogP contribution in [0.1, 0.15) is 53.9 Å². The van der Waals surface area contributed by atoms with Crippen molar-refractivity contribution in [3.63, 3.8) is 0 Å². The average molecular weight is 576 g/mol. The highest BCUT2D eigenvalue weighted by Crippen LogP contribution is 2.26. The Labute approximate surface area is 247 Å². The minimum atomic E-state index is -0.481. The molecule has 10 heteroatoms. The van der Waals surface area contributed by atoms with Crippen molar-refractivity contribution in [3.8, 4) is 0 Å². The molecule has 2 amide bonds. The van der Waals surface area contributed by atoms with Crippen LogP contribution >= 0.6 is 0 Å². The number of amides is 2. The third-order valence-corrected chi connectivity index (χ3v) is 7.37. The number of nitrogens with two attached hydrogens (primary N) is 1. The maximum atomic E-state index is 13.6. The number of benzene rings is 2. The molecule has 1 saturated heterocycles. The molecule has 0 unspecified atom stereocenters. The first-order valence-electron chi connectivity index (χ1n) is 14.5. The van der Waals surface area contributed by atoms with Gasteiger partial charge in [-0.3, -0.25) is 19.6 Å².